The van der Waals surface area contributed by atoms with Crippen LogP contribution in [0.2, 0.25) is 0 Å². The summed E-state index contributed by atoms with van der Waals surface area (Å²) in [6.07, 6.45) is 5.68. The molecule has 0 amide bonds. The lowest BCUT2D eigenvalue weighted by Crippen LogP contribution is -2.22. The summed E-state index contributed by atoms with van der Waals surface area (Å²) in [5.74, 6) is 1.52. The Hall–Kier alpha value is -1.94. The van der Waals surface area contributed by atoms with E-state index in [4.69, 9.17) is 0 Å². The molecule has 114 valence electrons. The predicted molar refractivity (Wildman–Crippen MR) is 86.4 cm³/mol. The van der Waals surface area contributed by atoms with Gasteiger partial charge < -0.3 is 4.90 Å². The standard InChI is InChI=1S/C18H21N3O/c22-18-4-3-9-19-21(18)16-7-5-14(6-8-16)17-12-15(17)13-20-10-1-2-11-20/h3-9,15,17H,1-2,10-13H2/t15-,17-/m1/s1. The molecule has 4 nitrogen and oxygen atoms in total. The molecule has 1 aliphatic carbocycles. The zero-order chi connectivity index (χ0) is 14.9. The maximum absolute atomic E-state index is 11.8. The first kappa shape index (κ1) is 13.7. The first-order valence-corrected chi connectivity index (χ1v) is 8.18. The molecule has 2 aliphatic rings. The molecule has 2 atom stereocenters. The molecule has 2 aromatic rings. The lowest BCUT2D eigenvalue weighted by Gasteiger charge is -2.14. The van der Waals surface area contributed by atoms with Crippen molar-refractivity contribution in [2.24, 2.45) is 5.92 Å². The monoisotopic (exact) mass is 295 g/mol. The number of rotatable bonds is 4. The molecule has 4 rings (SSSR count). The van der Waals surface area contributed by atoms with Crippen molar-refractivity contribution in [1.82, 2.24) is 14.7 Å². The molecule has 0 bridgehead atoms. The van der Waals surface area contributed by atoms with Crippen LogP contribution in [0.4, 0.5) is 0 Å². The molecular formula is C18H21N3O. The average Bonchev–Trinajstić information content (AvgIpc) is 3.11. The summed E-state index contributed by atoms with van der Waals surface area (Å²) in [5.41, 5.74) is 2.15. The van der Waals surface area contributed by atoms with Crippen LogP contribution in [0.3, 0.4) is 0 Å². The van der Waals surface area contributed by atoms with E-state index in [1.54, 1.807) is 12.3 Å². The van der Waals surface area contributed by atoms with E-state index < -0.39 is 0 Å². The first-order chi connectivity index (χ1) is 10.8. The van der Waals surface area contributed by atoms with Gasteiger partial charge in [-0.25, -0.2) is 0 Å². The van der Waals surface area contributed by atoms with Gasteiger partial charge in [-0.15, -0.1) is 0 Å². The Labute approximate surface area is 130 Å². The highest BCUT2D eigenvalue weighted by molar-refractivity contribution is 5.37. The Bertz CT molecular complexity index is 701. The third-order valence-corrected chi connectivity index (χ3v) is 4.90. The van der Waals surface area contributed by atoms with Gasteiger partial charge in [-0.1, -0.05) is 12.1 Å². The van der Waals surface area contributed by atoms with E-state index in [-0.39, 0.29) is 5.56 Å². The fourth-order valence-electron chi connectivity index (χ4n) is 3.57. The highest BCUT2D eigenvalue weighted by atomic mass is 16.1. The summed E-state index contributed by atoms with van der Waals surface area (Å²) < 4.78 is 1.44. The van der Waals surface area contributed by atoms with Crippen LogP contribution in [0.1, 0.15) is 30.7 Å². The average molecular weight is 295 g/mol. The van der Waals surface area contributed by atoms with Gasteiger partial charge in [0.15, 0.2) is 0 Å². The van der Waals surface area contributed by atoms with Crippen molar-refractivity contribution < 1.29 is 0 Å². The molecule has 0 N–H and O–H groups in total. The van der Waals surface area contributed by atoms with Gasteiger partial charge in [0.2, 0.25) is 0 Å². The fourth-order valence-corrected chi connectivity index (χ4v) is 3.57. The van der Waals surface area contributed by atoms with Crippen LogP contribution in [-0.2, 0) is 0 Å². The summed E-state index contributed by atoms with van der Waals surface area (Å²) >= 11 is 0. The van der Waals surface area contributed by atoms with E-state index in [0.29, 0.717) is 5.92 Å². The number of hydrogen-bond acceptors (Lipinski definition) is 3. The smallest absolute Gasteiger partial charge is 0.271 e. The number of nitrogens with zero attached hydrogens (tertiary/aromatic N) is 3. The molecule has 2 fully saturated rings. The van der Waals surface area contributed by atoms with Crippen LogP contribution in [0.15, 0.2) is 47.4 Å². The van der Waals surface area contributed by atoms with E-state index >= 15 is 0 Å². The Balaban J connectivity index is 1.45. The predicted octanol–water partition coefficient (Wildman–Crippen LogP) is 2.43. The molecule has 1 saturated carbocycles. The highest BCUT2D eigenvalue weighted by Crippen LogP contribution is 2.48. The molecule has 0 radical (unpaired) electrons. The van der Waals surface area contributed by atoms with Crippen LogP contribution in [-0.4, -0.2) is 34.3 Å². The topological polar surface area (TPSA) is 38.1 Å². The number of likely N-dealkylation sites (tertiary alicyclic amines) is 1. The molecule has 0 spiro atoms. The van der Waals surface area contributed by atoms with Gasteiger partial charge in [0.05, 0.1) is 5.69 Å². The lowest BCUT2D eigenvalue weighted by molar-refractivity contribution is 0.322. The molecule has 1 aromatic carbocycles. The van der Waals surface area contributed by atoms with Crippen LogP contribution in [0.5, 0.6) is 0 Å². The molecule has 1 aromatic heterocycles. The van der Waals surface area contributed by atoms with Crippen molar-refractivity contribution in [3.63, 3.8) is 0 Å². The summed E-state index contributed by atoms with van der Waals surface area (Å²) in [4.78, 5) is 14.4. The summed E-state index contributed by atoms with van der Waals surface area (Å²) in [7, 11) is 0. The van der Waals surface area contributed by atoms with E-state index in [1.807, 2.05) is 12.1 Å². The molecular weight excluding hydrogens is 274 g/mol. The van der Waals surface area contributed by atoms with Crippen molar-refractivity contribution in [1.29, 1.82) is 0 Å². The van der Waals surface area contributed by atoms with Crippen LogP contribution >= 0.6 is 0 Å². The van der Waals surface area contributed by atoms with E-state index in [2.05, 4.69) is 22.1 Å². The van der Waals surface area contributed by atoms with Crippen molar-refractivity contribution in [2.45, 2.75) is 25.2 Å². The minimum atomic E-state index is -0.0893. The van der Waals surface area contributed by atoms with Gasteiger partial charge in [0, 0.05) is 18.8 Å². The minimum Gasteiger partial charge on any atom is -0.303 e. The van der Waals surface area contributed by atoms with Gasteiger partial charge in [-0.05, 0) is 68.0 Å². The van der Waals surface area contributed by atoms with Crippen molar-refractivity contribution in [2.75, 3.05) is 19.6 Å². The Morgan fingerprint density at radius 1 is 1.09 bits per heavy atom. The normalized spacial score (nSPS) is 24.5. The Morgan fingerprint density at radius 2 is 1.86 bits per heavy atom. The summed E-state index contributed by atoms with van der Waals surface area (Å²) in [6.45, 7) is 3.82. The lowest BCUT2D eigenvalue weighted by atomic mass is 10.1. The zero-order valence-electron chi connectivity index (χ0n) is 12.7. The molecule has 0 unspecified atom stereocenters. The second-order valence-electron chi connectivity index (χ2n) is 6.48. The zero-order valence-corrected chi connectivity index (χ0v) is 12.7. The Morgan fingerprint density at radius 3 is 2.59 bits per heavy atom. The third kappa shape index (κ3) is 2.71. The Kier molecular flexibility index (Phi) is 3.54. The van der Waals surface area contributed by atoms with Gasteiger partial charge in [-0.3, -0.25) is 4.79 Å². The second-order valence-corrected chi connectivity index (χ2v) is 6.48. The molecule has 1 saturated heterocycles. The van der Waals surface area contributed by atoms with Crippen molar-refractivity contribution in [3.05, 3.63) is 58.5 Å². The molecule has 2 heterocycles. The SMILES string of the molecule is O=c1cccnn1-c1ccc([C@H]2C[C@@H]2CN2CCCC2)cc1. The number of hydrogen-bond donors (Lipinski definition) is 0. The maximum Gasteiger partial charge on any atom is 0.271 e. The van der Waals surface area contributed by atoms with Gasteiger partial charge in [-0.2, -0.15) is 9.78 Å². The largest absolute Gasteiger partial charge is 0.303 e. The van der Waals surface area contributed by atoms with E-state index in [9.17, 15) is 4.79 Å². The van der Waals surface area contributed by atoms with Gasteiger partial charge >= 0.3 is 0 Å². The van der Waals surface area contributed by atoms with E-state index in [1.165, 1.54) is 55.2 Å². The molecule has 22 heavy (non-hydrogen) atoms. The second kappa shape index (κ2) is 5.69. The van der Waals surface area contributed by atoms with Crippen LogP contribution in [0, 0.1) is 5.92 Å². The van der Waals surface area contributed by atoms with Crippen LogP contribution < -0.4 is 5.56 Å². The third-order valence-electron chi connectivity index (χ3n) is 4.90. The van der Waals surface area contributed by atoms with E-state index in [0.717, 1.165) is 11.6 Å². The fraction of sp³-hybridized carbons (Fsp3) is 0.444. The first-order valence-electron chi connectivity index (χ1n) is 8.18. The summed E-state index contributed by atoms with van der Waals surface area (Å²) in [5, 5.41) is 4.12. The summed E-state index contributed by atoms with van der Waals surface area (Å²) in [6, 6.07) is 11.5. The van der Waals surface area contributed by atoms with Gasteiger partial charge in [0.1, 0.15) is 0 Å². The quantitative estimate of drug-likeness (QED) is 0.869. The maximum atomic E-state index is 11.8. The number of benzene rings is 1. The molecule has 1 aliphatic heterocycles. The molecule has 4 heteroatoms. The van der Waals surface area contributed by atoms with Crippen molar-refractivity contribution in [3.8, 4) is 5.69 Å². The van der Waals surface area contributed by atoms with Crippen molar-refractivity contribution >= 4 is 0 Å². The van der Waals surface area contributed by atoms with Crippen LogP contribution in [0.25, 0.3) is 5.69 Å². The van der Waals surface area contributed by atoms with Gasteiger partial charge in [0.25, 0.3) is 5.56 Å². The highest BCUT2D eigenvalue weighted by Gasteiger charge is 2.39. The minimum absolute atomic E-state index is 0.0893. The number of aromatic nitrogens is 2.